The summed E-state index contributed by atoms with van der Waals surface area (Å²) in [5.74, 6) is 0.0424. The van der Waals surface area contributed by atoms with E-state index in [2.05, 4.69) is 10.6 Å². The molecule has 1 heterocycles. The lowest BCUT2D eigenvalue weighted by Gasteiger charge is -2.17. The van der Waals surface area contributed by atoms with Gasteiger partial charge in [0.1, 0.15) is 5.75 Å². The Kier molecular flexibility index (Phi) is 5.21. The molecule has 1 aromatic rings. The molecular formula is C18H23N3O4. The number of carbonyl (C=O) groups is 3. The molecule has 2 aliphatic rings. The molecular weight excluding hydrogens is 322 g/mol. The predicted octanol–water partition coefficient (Wildman–Crippen LogP) is 0.833. The van der Waals surface area contributed by atoms with E-state index < -0.39 is 0 Å². The summed E-state index contributed by atoms with van der Waals surface area (Å²) < 4.78 is 5.11. The number of carbonyl (C=O) groups excluding carboxylic acids is 3. The summed E-state index contributed by atoms with van der Waals surface area (Å²) in [5, 5.41) is 5.64. The quantitative estimate of drug-likeness (QED) is 0.766. The van der Waals surface area contributed by atoms with Crippen molar-refractivity contribution in [2.24, 2.45) is 5.92 Å². The zero-order valence-corrected chi connectivity index (χ0v) is 14.3. The highest BCUT2D eigenvalue weighted by Gasteiger charge is 2.35. The van der Waals surface area contributed by atoms with E-state index in [-0.39, 0.29) is 36.5 Å². The smallest absolute Gasteiger partial charge is 0.227 e. The maximum atomic E-state index is 12.2. The minimum absolute atomic E-state index is 0.0369. The average molecular weight is 345 g/mol. The first-order valence-electron chi connectivity index (χ1n) is 8.58. The molecule has 2 N–H and O–H groups in total. The second kappa shape index (κ2) is 7.55. The zero-order valence-electron chi connectivity index (χ0n) is 14.3. The van der Waals surface area contributed by atoms with Crippen LogP contribution in [0.2, 0.25) is 0 Å². The molecule has 1 saturated carbocycles. The second-order valence-electron chi connectivity index (χ2n) is 6.49. The summed E-state index contributed by atoms with van der Waals surface area (Å²) in [6.07, 6.45) is 2.55. The SMILES string of the molecule is COc1ccc(N2CC(C(=O)NCCC(=O)NC3CC3)CC2=O)cc1. The number of methoxy groups -OCH3 is 1. The van der Waals surface area contributed by atoms with Gasteiger partial charge in [0.15, 0.2) is 0 Å². The number of ether oxygens (including phenoxy) is 1. The summed E-state index contributed by atoms with van der Waals surface area (Å²) in [6.45, 7) is 0.649. The number of amides is 3. The first-order valence-corrected chi connectivity index (χ1v) is 8.58. The molecule has 134 valence electrons. The maximum Gasteiger partial charge on any atom is 0.227 e. The van der Waals surface area contributed by atoms with Crippen molar-refractivity contribution >= 4 is 23.4 Å². The van der Waals surface area contributed by atoms with Gasteiger partial charge in [0.2, 0.25) is 17.7 Å². The number of benzene rings is 1. The molecule has 0 aromatic heterocycles. The fourth-order valence-corrected chi connectivity index (χ4v) is 2.87. The number of nitrogens with zero attached hydrogens (tertiary/aromatic N) is 1. The van der Waals surface area contributed by atoms with E-state index in [0.717, 1.165) is 18.5 Å². The van der Waals surface area contributed by atoms with E-state index in [1.165, 1.54) is 0 Å². The van der Waals surface area contributed by atoms with Crippen LogP contribution in [0.4, 0.5) is 5.69 Å². The molecule has 1 aliphatic heterocycles. The lowest BCUT2D eigenvalue weighted by Crippen LogP contribution is -2.36. The zero-order chi connectivity index (χ0) is 17.8. The van der Waals surface area contributed by atoms with Gasteiger partial charge in [0.25, 0.3) is 0 Å². The van der Waals surface area contributed by atoms with Crippen molar-refractivity contribution in [1.29, 1.82) is 0 Å². The van der Waals surface area contributed by atoms with E-state index in [4.69, 9.17) is 4.74 Å². The van der Waals surface area contributed by atoms with Crippen molar-refractivity contribution in [1.82, 2.24) is 10.6 Å². The van der Waals surface area contributed by atoms with Crippen LogP contribution in [0.3, 0.4) is 0 Å². The summed E-state index contributed by atoms with van der Waals surface area (Å²) in [5.41, 5.74) is 0.755. The maximum absolute atomic E-state index is 12.2. The van der Waals surface area contributed by atoms with Gasteiger partial charge in [-0.15, -0.1) is 0 Å². The number of rotatable bonds is 7. The Balaban J connectivity index is 1.47. The van der Waals surface area contributed by atoms with E-state index in [1.807, 2.05) is 0 Å². The Morgan fingerprint density at radius 2 is 1.96 bits per heavy atom. The molecule has 25 heavy (non-hydrogen) atoms. The third kappa shape index (κ3) is 4.49. The molecule has 1 aliphatic carbocycles. The van der Waals surface area contributed by atoms with Crippen LogP contribution in [-0.2, 0) is 14.4 Å². The molecule has 0 radical (unpaired) electrons. The fourth-order valence-electron chi connectivity index (χ4n) is 2.87. The van der Waals surface area contributed by atoms with Crippen molar-refractivity contribution in [2.75, 3.05) is 25.1 Å². The Bertz CT molecular complexity index is 655. The number of hydrogen-bond acceptors (Lipinski definition) is 4. The minimum Gasteiger partial charge on any atom is -0.497 e. The molecule has 1 atom stereocenters. The summed E-state index contributed by atoms with van der Waals surface area (Å²) in [4.78, 5) is 37.7. The normalized spacial score (nSPS) is 19.6. The van der Waals surface area contributed by atoms with Gasteiger partial charge in [-0.2, -0.15) is 0 Å². The Labute approximate surface area is 146 Å². The van der Waals surface area contributed by atoms with E-state index >= 15 is 0 Å². The van der Waals surface area contributed by atoms with Crippen molar-refractivity contribution in [3.63, 3.8) is 0 Å². The monoisotopic (exact) mass is 345 g/mol. The number of anilines is 1. The molecule has 1 saturated heterocycles. The van der Waals surface area contributed by atoms with Crippen LogP contribution < -0.4 is 20.3 Å². The number of nitrogens with one attached hydrogen (secondary N) is 2. The van der Waals surface area contributed by atoms with E-state index in [1.54, 1.807) is 36.3 Å². The van der Waals surface area contributed by atoms with Crippen LogP contribution in [0, 0.1) is 5.92 Å². The van der Waals surface area contributed by atoms with Crippen LogP contribution in [-0.4, -0.2) is 44.0 Å². The Hall–Kier alpha value is -2.57. The Morgan fingerprint density at radius 1 is 1.24 bits per heavy atom. The van der Waals surface area contributed by atoms with Crippen LogP contribution >= 0.6 is 0 Å². The molecule has 7 heteroatoms. The molecule has 1 unspecified atom stereocenters. The third-order valence-electron chi connectivity index (χ3n) is 4.47. The van der Waals surface area contributed by atoms with Crippen molar-refractivity contribution < 1.29 is 19.1 Å². The highest BCUT2D eigenvalue weighted by molar-refractivity contribution is 6.00. The molecule has 0 bridgehead atoms. The van der Waals surface area contributed by atoms with E-state index in [9.17, 15) is 14.4 Å². The summed E-state index contributed by atoms with van der Waals surface area (Å²) >= 11 is 0. The first-order chi connectivity index (χ1) is 12.1. The van der Waals surface area contributed by atoms with Gasteiger partial charge in [-0.3, -0.25) is 14.4 Å². The second-order valence-corrected chi connectivity index (χ2v) is 6.49. The standard InChI is InChI=1S/C18H23N3O4/c1-25-15-6-4-14(5-7-15)21-11-12(10-17(21)23)18(24)19-9-8-16(22)20-13-2-3-13/h4-7,12-13H,2-3,8-11H2,1H3,(H,19,24)(H,20,22). The van der Waals surface area contributed by atoms with Crippen LogP contribution in [0.25, 0.3) is 0 Å². The molecule has 0 spiro atoms. The van der Waals surface area contributed by atoms with Crippen molar-refractivity contribution in [3.05, 3.63) is 24.3 Å². The van der Waals surface area contributed by atoms with Gasteiger partial charge >= 0.3 is 0 Å². The first kappa shape index (κ1) is 17.3. The molecule has 1 aromatic carbocycles. The van der Waals surface area contributed by atoms with Crippen LogP contribution in [0.1, 0.15) is 25.7 Å². The average Bonchev–Trinajstić information content (AvgIpc) is 3.33. The van der Waals surface area contributed by atoms with Crippen molar-refractivity contribution in [3.8, 4) is 5.75 Å². The largest absolute Gasteiger partial charge is 0.497 e. The molecule has 3 amide bonds. The van der Waals surface area contributed by atoms with Gasteiger partial charge < -0.3 is 20.3 Å². The van der Waals surface area contributed by atoms with Gasteiger partial charge in [-0.1, -0.05) is 0 Å². The molecule has 7 nitrogen and oxygen atoms in total. The summed E-state index contributed by atoms with van der Waals surface area (Å²) in [7, 11) is 1.58. The topological polar surface area (TPSA) is 87.7 Å². The van der Waals surface area contributed by atoms with Crippen molar-refractivity contribution in [2.45, 2.75) is 31.7 Å². The van der Waals surface area contributed by atoms with Gasteiger partial charge in [-0.25, -0.2) is 0 Å². The minimum atomic E-state index is -0.388. The Morgan fingerprint density at radius 3 is 2.60 bits per heavy atom. The molecule has 3 rings (SSSR count). The molecule has 2 fully saturated rings. The van der Waals surface area contributed by atoms with Crippen LogP contribution in [0.5, 0.6) is 5.75 Å². The fraction of sp³-hybridized carbons (Fsp3) is 0.500. The lowest BCUT2D eigenvalue weighted by atomic mass is 10.1. The van der Waals surface area contributed by atoms with E-state index in [0.29, 0.717) is 24.9 Å². The highest BCUT2D eigenvalue weighted by Crippen LogP contribution is 2.26. The van der Waals surface area contributed by atoms with Gasteiger partial charge in [-0.05, 0) is 37.1 Å². The highest BCUT2D eigenvalue weighted by atomic mass is 16.5. The predicted molar refractivity (Wildman–Crippen MR) is 92.2 cm³/mol. The van der Waals surface area contributed by atoms with Crippen LogP contribution in [0.15, 0.2) is 24.3 Å². The van der Waals surface area contributed by atoms with Gasteiger partial charge in [0, 0.05) is 37.7 Å². The lowest BCUT2D eigenvalue weighted by molar-refractivity contribution is -0.126. The summed E-state index contributed by atoms with van der Waals surface area (Å²) in [6, 6.07) is 7.51. The van der Waals surface area contributed by atoms with Gasteiger partial charge in [0.05, 0.1) is 13.0 Å². The number of hydrogen-bond donors (Lipinski definition) is 2. The third-order valence-corrected chi connectivity index (χ3v) is 4.47.